The Morgan fingerprint density at radius 3 is 2.74 bits per heavy atom. The molecule has 0 aliphatic rings. The van der Waals surface area contributed by atoms with Crippen LogP contribution in [-0.2, 0) is 6.42 Å². The first-order valence-electron chi connectivity index (χ1n) is 5.46. The Morgan fingerprint density at radius 2 is 2.16 bits per heavy atom. The van der Waals surface area contributed by atoms with E-state index in [2.05, 4.69) is 5.10 Å². The van der Waals surface area contributed by atoms with Crippen molar-refractivity contribution in [2.75, 3.05) is 0 Å². The van der Waals surface area contributed by atoms with Crippen molar-refractivity contribution < 1.29 is 14.1 Å². The van der Waals surface area contributed by atoms with Crippen LogP contribution < -0.4 is 0 Å². The van der Waals surface area contributed by atoms with Gasteiger partial charge in [-0.3, -0.25) is 4.79 Å². The van der Waals surface area contributed by atoms with Crippen molar-refractivity contribution in [3.63, 3.8) is 0 Å². The number of rotatable bonds is 3. The van der Waals surface area contributed by atoms with Gasteiger partial charge in [0.25, 0.3) is 5.91 Å². The Labute approximate surface area is 107 Å². The molecule has 0 unspecified atom stereocenters. The number of aromatic nitrogens is 2. The summed E-state index contributed by atoms with van der Waals surface area (Å²) in [5.74, 6) is -1.41. The minimum Gasteiger partial charge on any atom is -0.358 e. The first-order chi connectivity index (χ1) is 8.99. The molecule has 0 N–H and O–H groups in total. The number of aryl methyl sites for hydroxylation is 1. The van der Waals surface area contributed by atoms with Gasteiger partial charge in [-0.25, -0.2) is 4.39 Å². The minimum absolute atomic E-state index is 0.202. The first-order valence-corrected chi connectivity index (χ1v) is 5.46. The number of nitrogens with zero attached hydrogens (tertiary/aromatic N) is 3. The Morgan fingerprint density at radius 1 is 1.47 bits per heavy atom. The van der Waals surface area contributed by atoms with Gasteiger partial charge in [0.1, 0.15) is 5.82 Å². The van der Waals surface area contributed by atoms with E-state index >= 15 is 0 Å². The summed E-state index contributed by atoms with van der Waals surface area (Å²) in [6, 6.07) is 7.07. The fourth-order valence-electron chi connectivity index (χ4n) is 1.68. The van der Waals surface area contributed by atoms with Gasteiger partial charge in [-0.1, -0.05) is 18.2 Å². The van der Waals surface area contributed by atoms with E-state index in [4.69, 9.17) is 0 Å². The van der Waals surface area contributed by atoms with E-state index in [0.29, 0.717) is 5.69 Å². The highest BCUT2D eigenvalue weighted by atomic mass is 19.1. The van der Waals surface area contributed by atoms with Crippen LogP contribution in [0.5, 0.6) is 0 Å². The van der Waals surface area contributed by atoms with Crippen LogP contribution in [0.2, 0.25) is 0 Å². The summed E-state index contributed by atoms with van der Waals surface area (Å²) in [6.45, 7) is 1.53. The second kappa shape index (κ2) is 4.97. The second-order valence-electron chi connectivity index (χ2n) is 3.97. The highest BCUT2D eigenvalue weighted by molar-refractivity contribution is 5.81. The summed E-state index contributed by atoms with van der Waals surface area (Å²) < 4.78 is 14.3. The van der Waals surface area contributed by atoms with Gasteiger partial charge in [-0.15, -0.1) is 4.68 Å². The lowest BCUT2D eigenvalue weighted by atomic mass is 10.1. The third kappa shape index (κ3) is 2.65. The monoisotopic (exact) mass is 263 g/mol. The van der Waals surface area contributed by atoms with E-state index in [1.807, 2.05) is 0 Å². The molecule has 1 aromatic heterocycles. The van der Waals surface area contributed by atoms with Gasteiger partial charge >= 0.3 is 5.82 Å². The molecule has 19 heavy (non-hydrogen) atoms. The highest BCUT2D eigenvalue weighted by Gasteiger charge is 2.21. The van der Waals surface area contributed by atoms with E-state index in [-0.39, 0.29) is 12.0 Å². The van der Waals surface area contributed by atoms with Gasteiger partial charge in [0.15, 0.2) is 0 Å². The molecule has 2 aromatic rings. The molecule has 6 nitrogen and oxygen atoms in total. The van der Waals surface area contributed by atoms with Gasteiger partial charge in [0, 0.05) is 0 Å². The summed E-state index contributed by atoms with van der Waals surface area (Å²) in [5.41, 5.74) is 0.568. The average molecular weight is 263 g/mol. The zero-order valence-corrected chi connectivity index (χ0v) is 10.0. The predicted molar refractivity (Wildman–Crippen MR) is 64.3 cm³/mol. The molecule has 7 heteroatoms. The second-order valence-corrected chi connectivity index (χ2v) is 3.97. The Balaban J connectivity index is 2.26. The minimum atomic E-state index is -0.681. The molecule has 0 saturated carbocycles. The fourth-order valence-corrected chi connectivity index (χ4v) is 1.68. The van der Waals surface area contributed by atoms with Crippen molar-refractivity contribution in [1.29, 1.82) is 0 Å². The zero-order chi connectivity index (χ0) is 14.0. The maximum Gasteiger partial charge on any atom is 0.390 e. The lowest BCUT2D eigenvalue weighted by Crippen LogP contribution is -2.17. The van der Waals surface area contributed by atoms with Crippen LogP contribution in [-0.4, -0.2) is 20.6 Å². The van der Waals surface area contributed by atoms with E-state index in [1.54, 1.807) is 6.07 Å². The smallest absolute Gasteiger partial charge is 0.358 e. The molecular weight excluding hydrogens is 253 g/mol. The van der Waals surface area contributed by atoms with E-state index in [0.717, 1.165) is 4.68 Å². The van der Waals surface area contributed by atoms with Crippen LogP contribution in [0.4, 0.5) is 10.2 Å². The lowest BCUT2D eigenvalue weighted by molar-refractivity contribution is -0.389. The maximum atomic E-state index is 13.4. The molecule has 0 saturated heterocycles. The number of carbonyl (C=O) groups excluding carboxylic acids is 1. The molecule has 0 amide bonds. The topological polar surface area (TPSA) is 78.0 Å². The van der Waals surface area contributed by atoms with Gasteiger partial charge in [-0.05, 0) is 23.5 Å². The molecule has 0 atom stereocenters. The number of carbonyl (C=O) groups is 1. The predicted octanol–water partition coefficient (Wildman–Crippen LogP) is 2.12. The molecule has 0 radical (unpaired) electrons. The van der Waals surface area contributed by atoms with Gasteiger partial charge in [0.2, 0.25) is 0 Å². The maximum absolute atomic E-state index is 13.4. The van der Waals surface area contributed by atoms with Crippen LogP contribution >= 0.6 is 0 Å². The summed E-state index contributed by atoms with van der Waals surface area (Å²) in [5, 5.41) is 14.1. The molecule has 0 bridgehead atoms. The molecule has 0 aliphatic carbocycles. The molecule has 1 heterocycles. The number of nitro groups is 1. The molecule has 2 rings (SSSR count). The fraction of sp³-hybridized carbons (Fsp3) is 0.167. The average Bonchev–Trinajstić information content (AvgIpc) is 2.74. The summed E-state index contributed by atoms with van der Waals surface area (Å²) >= 11 is 0. The normalized spacial score (nSPS) is 10.4. The SMILES string of the molecule is Cc1cc([N+](=O)[O-])nn1C(=O)Cc1ccccc1F. The van der Waals surface area contributed by atoms with E-state index in [1.165, 1.54) is 31.2 Å². The lowest BCUT2D eigenvalue weighted by Gasteiger charge is -2.01. The molecule has 0 aliphatic heterocycles. The van der Waals surface area contributed by atoms with Gasteiger partial charge in [-0.2, -0.15) is 0 Å². The quantitative estimate of drug-likeness (QED) is 0.627. The first kappa shape index (κ1) is 12.9. The molecule has 0 spiro atoms. The Hall–Kier alpha value is -2.57. The van der Waals surface area contributed by atoms with Crippen LogP contribution in [0.15, 0.2) is 30.3 Å². The molecular formula is C12H10FN3O3. The number of hydrogen-bond donors (Lipinski definition) is 0. The standard InChI is InChI=1S/C12H10FN3O3/c1-8-6-11(16(18)19)14-15(8)12(17)7-9-4-2-3-5-10(9)13/h2-6H,7H2,1H3. The number of halogens is 1. The summed E-state index contributed by atoms with van der Waals surface area (Å²) in [7, 11) is 0. The molecule has 1 aromatic carbocycles. The Kier molecular flexibility index (Phi) is 3.37. The third-order valence-corrected chi connectivity index (χ3v) is 2.60. The highest BCUT2D eigenvalue weighted by Crippen LogP contribution is 2.13. The summed E-state index contributed by atoms with van der Waals surface area (Å²) in [6.07, 6.45) is -0.202. The van der Waals surface area contributed by atoms with E-state index < -0.39 is 22.5 Å². The molecule has 0 fully saturated rings. The van der Waals surface area contributed by atoms with Crippen molar-refractivity contribution in [2.45, 2.75) is 13.3 Å². The van der Waals surface area contributed by atoms with Gasteiger partial charge in [0.05, 0.1) is 23.3 Å². The number of benzene rings is 1. The van der Waals surface area contributed by atoms with E-state index in [9.17, 15) is 19.3 Å². The van der Waals surface area contributed by atoms with Crippen molar-refractivity contribution in [3.8, 4) is 0 Å². The number of hydrogen-bond acceptors (Lipinski definition) is 4. The van der Waals surface area contributed by atoms with Crippen LogP contribution in [0.3, 0.4) is 0 Å². The summed E-state index contributed by atoms with van der Waals surface area (Å²) in [4.78, 5) is 21.8. The van der Waals surface area contributed by atoms with Crippen molar-refractivity contribution in [1.82, 2.24) is 9.78 Å². The van der Waals surface area contributed by atoms with Crippen molar-refractivity contribution in [2.24, 2.45) is 0 Å². The van der Waals surface area contributed by atoms with Crippen LogP contribution in [0.1, 0.15) is 16.1 Å². The molecule has 98 valence electrons. The van der Waals surface area contributed by atoms with Crippen LogP contribution in [0, 0.1) is 22.9 Å². The Bertz CT molecular complexity index is 651. The van der Waals surface area contributed by atoms with Crippen molar-refractivity contribution >= 4 is 11.7 Å². The van der Waals surface area contributed by atoms with Crippen LogP contribution in [0.25, 0.3) is 0 Å². The zero-order valence-electron chi connectivity index (χ0n) is 10.0. The van der Waals surface area contributed by atoms with Gasteiger partial charge < -0.3 is 10.1 Å². The largest absolute Gasteiger partial charge is 0.390 e. The van der Waals surface area contributed by atoms with Crippen molar-refractivity contribution in [3.05, 3.63) is 57.5 Å². The third-order valence-electron chi connectivity index (χ3n) is 2.60.